The van der Waals surface area contributed by atoms with Crippen molar-refractivity contribution in [1.82, 2.24) is 15.1 Å². The van der Waals surface area contributed by atoms with E-state index in [4.69, 9.17) is 4.74 Å². The van der Waals surface area contributed by atoms with E-state index in [0.29, 0.717) is 5.82 Å². The highest BCUT2D eigenvalue weighted by molar-refractivity contribution is 5.88. The molecule has 1 aliphatic rings. The number of aryl methyl sites for hydroxylation is 2. The van der Waals surface area contributed by atoms with Crippen molar-refractivity contribution in [3.63, 3.8) is 0 Å². The molecule has 0 aromatic carbocycles. The van der Waals surface area contributed by atoms with Gasteiger partial charge in [-0.05, 0) is 19.8 Å². The molecule has 0 aliphatic heterocycles. The highest BCUT2D eigenvalue weighted by Gasteiger charge is 2.58. The average Bonchev–Trinajstić information content (AvgIpc) is 2.78. The molecule has 2 rings (SSSR count). The van der Waals surface area contributed by atoms with Crippen LogP contribution in [0, 0.1) is 5.41 Å². The number of ether oxygens (including phenoxy) is 1. The van der Waals surface area contributed by atoms with Crippen LogP contribution in [0.25, 0.3) is 0 Å². The zero-order chi connectivity index (χ0) is 15.8. The van der Waals surface area contributed by atoms with Gasteiger partial charge in [0.25, 0.3) is 0 Å². The van der Waals surface area contributed by atoms with Gasteiger partial charge in [0, 0.05) is 31.7 Å². The van der Waals surface area contributed by atoms with Crippen molar-refractivity contribution < 1.29 is 9.53 Å². The van der Waals surface area contributed by atoms with Crippen LogP contribution in [0.5, 0.6) is 0 Å². The molecule has 0 bridgehead atoms. The molecule has 1 heterocycles. The number of hydrogen-bond acceptors (Lipinski definition) is 3. The fourth-order valence-corrected chi connectivity index (χ4v) is 2.85. The van der Waals surface area contributed by atoms with Gasteiger partial charge in [-0.15, -0.1) is 0 Å². The molecular formula is C15H26N4O2. The van der Waals surface area contributed by atoms with Crippen LogP contribution in [0.3, 0.4) is 0 Å². The fraction of sp³-hybridized carbons (Fsp3) is 0.733. The number of carbonyl (C=O) groups excluding carboxylic acids is 1. The fourth-order valence-electron chi connectivity index (χ4n) is 2.85. The Kier molecular flexibility index (Phi) is 4.02. The van der Waals surface area contributed by atoms with Crippen LogP contribution in [-0.4, -0.2) is 34.6 Å². The van der Waals surface area contributed by atoms with Gasteiger partial charge in [-0.25, -0.2) is 4.79 Å². The number of rotatable bonds is 4. The number of amides is 2. The summed E-state index contributed by atoms with van der Waals surface area (Å²) in [6.07, 6.45) is 1.66. The SMILES string of the molecule is CCc1cc(NC(=O)N[C@H]2C[C@@](C)(OC)C2(C)C)n(C)n1. The lowest BCUT2D eigenvalue weighted by Crippen LogP contribution is -2.68. The molecule has 118 valence electrons. The maximum absolute atomic E-state index is 12.1. The summed E-state index contributed by atoms with van der Waals surface area (Å²) in [6.45, 7) is 8.35. The Balaban J connectivity index is 1.96. The van der Waals surface area contributed by atoms with Crippen molar-refractivity contribution >= 4 is 11.8 Å². The van der Waals surface area contributed by atoms with Crippen molar-refractivity contribution in [3.8, 4) is 0 Å². The van der Waals surface area contributed by atoms with Crippen LogP contribution in [-0.2, 0) is 18.2 Å². The van der Waals surface area contributed by atoms with Crippen LogP contribution < -0.4 is 10.6 Å². The van der Waals surface area contributed by atoms with Crippen molar-refractivity contribution in [3.05, 3.63) is 11.8 Å². The van der Waals surface area contributed by atoms with Gasteiger partial charge in [-0.2, -0.15) is 5.10 Å². The lowest BCUT2D eigenvalue weighted by Gasteiger charge is -2.58. The molecule has 6 heteroatoms. The molecule has 0 saturated heterocycles. The number of hydrogen-bond donors (Lipinski definition) is 2. The quantitative estimate of drug-likeness (QED) is 0.895. The van der Waals surface area contributed by atoms with Crippen molar-refractivity contribution in [2.24, 2.45) is 12.5 Å². The topological polar surface area (TPSA) is 68.2 Å². The second-order valence-corrected chi connectivity index (χ2v) is 6.51. The van der Waals surface area contributed by atoms with Gasteiger partial charge in [-0.1, -0.05) is 20.8 Å². The number of anilines is 1. The highest BCUT2D eigenvalue weighted by atomic mass is 16.5. The van der Waals surface area contributed by atoms with Crippen LogP contribution >= 0.6 is 0 Å². The number of carbonyl (C=O) groups is 1. The van der Waals surface area contributed by atoms with Gasteiger partial charge in [0.05, 0.1) is 11.3 Å². The van der Waals surface area contributed by atoms with Crippen LogP contribution in [0.1, 0.15) is 39.8 Å². The first-order valence-corrected chi connectivity index (χ1v) is 7.39. The summed E-state index contributed by atoms with van der Waals surface area (Å²) in [7, 11) is 3.55. The number of urea groups is 1. The Hall–Kier alpha value is -1.56. The predicted octanol–water partition coefficient (Wildman–Crippen LogP) is 2.31. The van der Waals surface area contributed by atoms with E-state index in [2.05, 4.69) is 36.5 Å². The molecule has 2 N–H and O–H groups in total. The highest BCUT2D eigenvalue weighted by Crippen LogP contribution is 2.51. The second-order valence-electron chi connectivity index (χ2n) is 6.51. The molecule has 21 heavy (non-hydrogen) atoms. The minimum Gasteiger partial charge on any atom is -0.378 e. The molecule has 6 nitrogen and oxygen atoms in total. The summed E-state index contributed by atoms with van der Waals surface area (Å²) in [5.41, 5.74) is 0.677. The predicted molar refractivity (Wildman–Crippen MR) is 82.3 cm³/mol. The molecule has 1 aromatic heterocycles. The van der Waals surface area contributed by atoms with Gasteiger partial charge in [-0.3, -0.25) is 10.00 Å². The van der Waals surface area contributed by atoms with Gasteiger partial charge in [0.15, 0.2) is 0 Å². The zero-order valence-electron chi connectivity index (χ0n) is 13.8. The van der Waals surface area contributed by atoms with E-state index in [1.807, 2.05) is 20.0 Å². The maximum atomic E-state index is 12.1. The Bertz CT molecular complexity index is 538. The van der Waals surface area contributed by atoms with Gasteiger partial charge in [0.1, 0.15) is 5.82 Å². The van der Waals surface area contributed by atoms with E-state index in [0.717, 1.165) is 18.5 Å². The molecule has 0 unspecified atom stereocenters. The normalized spacial score (nSPS) is 27.0. The summed E-state index contributed by atoms with van der Waals surface area (Å²) >= 11 is 0. The molecule has 1 aliphatic carbocycles. The Morgan fingerprint density at radius 2 is 2.19 bits per heavy atom. The van der Waals surface area contributed by atoms with Gasteiger partial charge < -0.3 is 10.1 Å². The standard InChI is InChI=1S/C15H26N4O2/c1-7-10-8-12(19(5)18-10)17-13(20)16-11-9-15(4,21-6)14(11,2)3/h8,11H,7,9H2,1-6H3,(H2,16,17,20)/t11-,15+/m0/s1. The molecule has 0 spiro atoms. The first-order chi connectivity index (χ1) is 9.73. The molecule has 0 radical (unpaired) electrons. The molecular weight excluding hydrogens is 268 g/mol. The smallest absolute Gasteiger partial charge is 0.320 e. The van der Waals surface area contributed by atoms with E-state index < -0.39 is 0 Å². The Labute approximate surface area is 126 Å². The number of nitrogens with zero attached hydrogens (tertiary/aromatic N) is 2. The third-order valence-electron chi connectivity index (χ3n) is 5.12. The van der Waals surface area contributed by atoms with E-state index in [1.165, 1.54) is 0 Å². The third-order valence-corrected chi connectivity index (χ3v) is 5.12. The summed E-state index contributed by atoms with van der Waals surface area (Å²) in [5, 5.41) is 10.2. The Morgan fingerprint density at radius 3 is 2.67 bits per heavy atom. The minimum absolute atomic E-state index is 0.0971. The lowest BCUT2D eigenvalue weighted by atomic mass is 9.56. The first kappa shape index (κ1) is 15.8. The van der Waals surface area contributed by atoms with E-state index >= 15 is 0 Å². The summed E-state index contributed by atoms with van der Waals surface area (Å²) < 4.78 is 7.25. The first-order valence-electron chi connectivity index (χ1n) is 7.39. The number of aromatic nitrogens is 2. The van der Waals surface area contributed by atoms with Crippen LogP contribution in [0.4, 0.5) is 10.6 Å². The molecule has 2 atom stereocenters. The molecule has 1 fully saturated rings. The monoisotopic (exact) mass is 294 g/mol. The average molecular weight is 294 g/mol. The van der Waals surface area contributed by atoms with Gasteiger partial charge in [0.2, 0.25) is 0 Å². The zero-order valence-corrected chi connectivity index (χ0v) is 13.8. The molecule has 1 saturated carbocycles. The summed E-state index contributed by atoms with van der Waals surface area (Å²) in [6, 6.07) is 1.79. The van der Waals surface area contributed by atoms with E-state index in [-0.39, 0.29) is 23.1 Å². The minimum atomic E-state index is -0.197. The second kappa shape index (κ2) is 5.33. The number of methoxy groups -OCH3 is 1. The maximum Gasteiger partial charge on any atom is 0.320 e. The van der Waals surface area contributed by atoms with Crippen LogP contribution in [0.15, 0.2) is 6.07 Å². The van der Waals surface area contributed by atoms with Crippen molar-refractivity contribution in [2.75, 3.05) is 12.4 Å². The van der Waals surface area contributed by atoms with Crippen molar-refractivity contribution in [2.45, 2.75) is 52.2 Å². The van der Waals surface area contributed by atoms with Crippen molar-refractivity contribution in [1.29, 1.82) is 0 Å². The third kappa shape index (κ3) is 2.64. The lowest BCUT2D eigenvalue weighted by molar-refractivity contribution is -0.177. The van der Waals surface area contributed by atoms with E-state index in [1.54, 1.807) is 11.8 Å². The number of nitrogens with one attached hydrogen (secondary N) is 2. The summed E-state index contributed by atoms with van der Waals surface area (Å²) in [4.78, 5) is 12.1. The molecule has 1 aromatic rings. The van der Waals surface area contributed by atoms with Crippen LogP contribution in [0.2, 0.25) is 0 Å². The summed E-state index contributed by atoms with van der Waals surface area (Å²) in [5.74, 6) is 0.705. The largest absolute Gasteiger partial charge is 0.378 e. The molecule has 2 amide bonds. The van der Waals surface area contributed by atoms with Gasteiger partial charge >= 0.3 is 6.03 Å². The Morgan fingerprint density at radius 1 is 1.52 bits per heavy atom. The van der Waals surface area contributed by atoms with E-state index in [9.17, 15) is 4.79 Å².